The zero-order valence-electron chi connectivity index (χ0n) is 29.9. The quantitative estimate of drug-likeness (QED) is 0.0759. The van der Waals surface area contributed by atoms with Crippen molar-refractivity contribution in [2.75, 3.05) is 26.4 Å². The van der Waals surface area contributed by atoms with Gasteiger partial charge in [0.15, 0.2) is 0 Å². The molecule has 4 aromatic rings. The molecule has 4 rings (SSSR count). The predicted octanol–water partition coefficient (Wildman–Crippen LogP) is 6.18. The van der Waals surface area contributed by atoms with Crippen LogP contribution in [0.15, 0.2) is 97.1 Å². The molecule has 4 aromatic carbocycles. The molecule has 4 atom stereocenters. The third-order valence-corrected chi connectivity index (χ3v) is 9.07. The van der Waals surface area contributed by atoms with Crippen LogP contribution in [-0.2, 0) is 38.1 Å². The monoisotopic (exact) mass is 728 g/mol. The lowest BCUT2D eigenvalue weighted by molar-refractivity contribution is -0.172. The van der Waals surface area contributed by atoms with Crippen LogP contribution in [0.5, 0.6) is 23.0 Å². The number of carbonyl (C=O) groups is 4. The van der Waals surface area contributed by atoms with Gasteiger partial charge in [0.1, 0.15) is 54.8 Å². The molecule has 4 N–H and O–H groups in total. The number of phenols is 4. The molecule has 0 saturated carbocycles. The number of carbonyl (C=O) groups excluding carboxylic acids is 4. The molecule has 0 aromatic heterocycles. The third kappa shape index (κ3) is 11.0. The minimum absolute atomic E-state index is 0.0170. The smallest absolute Gasteiger partial charge is 0.313 e. The molecule has 12 heteroatoms. The lowest BCUT2D eigenvalue weighted by Crippen LogP contribution is -2.45. The zero-order valence-corrected chi connectivity index (χ0v) is 29.9. The van der Waals surface area contributed by atoms with Gasteiger partial charge >= 0.3 is 23.9 Å². The van der Waals surface area contributed by atoms with E-state index in [0.29, 0.717) is 22.3 Å². The van der Waals surface area contributed by atoms with Gasteiger partial charge in [0.2, 0.25) is 0 Å². The summed E-state index contributed by atoms with van der Waals surface area (Å²) in [6, 6.07) is 24.0. The highest BCUT2D eigenvalue weighted by Crippen LogP contribution is 2.29. The molecule has 4 unspecified atom stereocenters. The van der Waals surface area contributed by atoms with Crippen LogP contribution in [0.1, 0.15) is 73.6 Å². The first-order valence-electron chi connectivity index (χ1n) is 17.0. The second-order valence-electron chi connectivity index (χ2n) is 13.2. The SMILES string of the molecule is CC(C(=O)OCC(COC(=O)C(C)c1ccc(O)cc1)(COC(=O)C(C)c1ccc(O)cc1)COC(=O)C(C)c1ccc(O)cc1)c1ccc(O)cc1. The van der Waals surface area contributed by atoms with Gasteiger partial charge in [-0.2, -0.15) is 0 Å². The second-order valence-corrected chi connectivity index (χ2v) is 13.2. The van der Waals surface area contributed by atoms with Crippen molar-refractivity contribution in [2.45, 2.75) is 51.4 Å². The molecule has 0 saturated heterocycles. The Hall–Kier alpha value is -6.04. The number of aromatic hydroxyl groups is 4. The lowest BCUT2D eigenvalue weighted by Gasteiger charge is -2.33. The van der Waals surface area contributed by atoms with E-state index in [-0.39, 0.29) is 23.0 Å². The van der Waals surface area contributed by atoms with Gasteiger partial charge in [0.25, 0.3) is 0 Å². The van der Waals surface area contributed by atoms with Crippen molar-refractivity contribution in [3.05, 3.63) is 119 Å². The fourth-order valence-corrected chi connectivity index (χ4v) is 5.24. The number of hydrogen-bond acceptors (Lipinski definition) is 12. The van der Waals surface area contributed by atoms with Crippen LogP contribution in [0.4, 0.5) is 0 Å². The fraction of sp³-hybridized carbons (Fsp3) is 0.317. The predicted molar refractivity (Wildman–Crippen MR) is 192 cm³/mol. The largest absolute Gasteiger partial charge is 0.508 e. The topological polar surface area (TPSA) is 186 Å². The first kappa shape index (κ1) is 39.7. The fourth-order valence-electron chi connectivity index (χ4n) is 5.24. The van der Waals surface area contributed by atoms with Gasteiger partial charge in [-0.15, -0.1) is 0 Å². The summed E-state index contributed by atoms with van der Waals surface area (Å²) in [6.07, 6.45) is 0. The molecule has 0 fully saturated rings. The van der Waals surface area contributed by atoms with E-state index < -0.39 is 79.4 Å². The number of rotatable bonds is 16. The van der Waals surface area contributed by atoms with E-state index >= 15 is 0 Å². The highest BCUT2D eigenvalue weighted by atomic mass is 16.6. The van der Waals surface area contributed by atoms with Crippen molar-refractivity contribution in [1.29, 1.82) is 0 Å². The van der Waals surface area contributed by atoms with E-state index in [1.807, 2.05) is 0 Å². The Bertz CT molecular complexity index is 1560. The normalized spacial score (nSPS) is 14.4. The van der Waals surface area contributed by atoms with Gasteiger partial charge in [-0.3, -0.25) is 19.2 Å². The summed E-state index contributed by atoms with van der Waals surface area (Å²) < 4.78 is 23.1. The molecule has 0 aliphatic rings. The van der Waals surface area contributed by atoms with Gasteiger partial charge < -0.3 is 39.4 Å². The summed E-state index contributed by atoms with van der Waals surface area (Å²) in [7, 11) is 0. The maximum Gasteiger partial charge on any atom is 0.313 e. The minimum atomic E-state index is -1.59. The van der Waals surface area contributed by atoms with Crippen LogP contribution >= 0.6 is 0 Å². The van der Waals surface area contributed by atoms with Crippen molar-refractivity contribution in [2.24, 2.45) is 5.41 Å². The molecular weight excluding hydrogens is 684 g/mol. The Labute approximate surface area is 307 Å². The molecule has 0 radical (unpaired) electrons. The Morgan fingerprint density at radius 1 is 0.396 bits per heavy atom. The highest BCUT2D eigenvalue weighted by Gasteiger charge is 2.40. The van der Waals surface area contributed by atoms with Crippen molar-refractivity contribution in [3.8, 4) is 23.0 Å². The first-order valence-corrected chi connectivity index (χ1v) is 17.0. The molecular formula is C41H44O12. The molecule has 280 valence electrons. The average molecular weight is 729 g/mol. The Morgan fingerprint density at radius 3 is 0.736 bits per heavy atom. The van der Waals surface area contributed by atoms with Crippen LogP contribution in [-0.4, -0.2) is 70.7 Å². The third-order valence-electron chi connectivity index (χ3n) is 9.07. The molecule has 0 aliphatic carbocycles. The first-order chi connectivity index (χ1) is 25.2. The average Bonchev–Trinajstić information content (AvgIpc) is 3.16. The van der Waals surface area contributed by atoms with Crippen LogP contribution in [0, 0.1) is 5.41 Å². The standard InChI is InChI=1S/C41H44O12/c1-25(29-5-13-33(42)14-6-29)37(46)50-21-41(22-51-38(47)26(2)30-7-15-34(43)16-8-30,23-52-39(48)27(3)31-9-17-35(44)18-10-31)24-53-40(49)28(4)32-11-19-36(45)20-12-32/h5-20,25-28,42-45H,21-24H2,1-4H3. The van der Waals surface area contributed by atoms with Crippen LogP contribution in [0.3, 0.4) is 0 Å². The van der Waals surface area contributed by atoms with Crippen molar-refractivity contribution >= 4 is 23.9 Å². The van der Waals surface area contributed by atoms with E-state index in [1.165, 1.54) is 48.5 Å². The Kier molecular flexibility index (Phi) is 13.5. The summed E-state index contributed by atoms with van der Waals surface area (Å²) in [4.78, 5) is 53.5. The molecule has 12 nitrogen and oxygen atoms in total. The van der Waals surface area contributed by atoms with Crippen molar-refractivity contribution < 1.29 is 58.6 Å². The lowest BCUT2D eigenvalue weighted by atomic mass is 9.91. The number of ether oxygens (including phenoxy) is 4. The molecule has 0 amide bonds. The summed E-state index contributed by atoms with van der Waals surface area (Å²) in [5.74, 6) is -5.84. The number of hydrogen-bond donors (Lipinski definition) is 4. The van der Waals surface area contributed by atoms with E-state index in [9.17, 15) is 39.6 Å². The summed E-state index contributed by atoms with van der Waals surface area (Å²) in [5, 5.41) is 38.8. The zero-order chi connectivity index (χ0) is 38.7. The molecule has 0 heterocycles. The summed E-state index contributed by atoms with van der Waals surface area (Å²) in [5.41, 5.74) is 0.613. The van der Waals surface area contributed by atoms with Gasteiger partial charge in [-0.05, 0) is 98.5 Å². The second kappa shape index (κ2) is 17.9. The molecule has 53 heavy (non-hydrogen) atoms. The molecule has 0 aliphatic heterocycles. The molecule has 0 spiro atoms. The van der Waals surface area contributed by atoms with Gasteiger partial charge in [0, 0.05) is 0 Å². The number of phenolic OH excluding ortho intramolecular Hbond substituents is 4. The van der Waals surface area contributed by atoms with Crippen LogP contribution in [0.25, 0.3) is 0 Å². The van der Waals surface area contributed by atoms with Crippen LogP contribution < -0.4 is 0 Å². The Morgan fingerprint density at radius 2 is 0.566 bits per heavy atom. The number of esters is 4. The number of benzene rings is 4. The highest BCUT2D eigenvalue weighted by molar-refractivity contribution is 5.80. The van der Waals surface area contributed by atoms with Gasteiger partial charge in [0.05, 0.1) is 23.7 Å². The summed E-state index contributed by atoms with van der Waals surface area (Å²) >= 11 is 0. The Balaban J connectivity index is 1.62. The minimum Gasteiger partial charge on any atom is -0.508 e. The molecule has 0 bridgehead atoms. The van der Waals surface area contributed by atoms with E-state index in [2.05, 4.69) is 0 Å². The summed E-state index contributed by atoms with van der Waals surface area (Å²) in [6.45, 7) is 4.41. The van der Waals surface area contributed by atoms with Crippen molar-refractivity contribution in [3.63, 3.8) is 0 Å². The van der Waals surface area contributed by atoms with Crippen molar-refractivity contribution in [1.82, 2.24) is 0 Å². The van der Waals surface area contributed by atoms with E-state index in [4.69, 9.17) is 18.9 Å². The van der Waals surface area contributed by atoms with Gasteiger partial charge in [-0.25, -0.2) is 0 Å². The van der Waals surface area contributed by atoms with Gasteiger partial charge in [-0.1, -0.05) is 48.5 Å². The maximum atomic E-state index is 13.4. The van der Waals surface area contributed by atoms with E-state index in [1.54, 1.807) is 76.2 Å². The van der Waals surface area contributed by atoms with Crippen LogP contribution in [0.2, 0.25) is 0 Å². The van der Waals surface area contributed by atoms with E-state index in [0.717, 1.165) is 0 Å². The maximum absolute atomic E-state index is 13.4.